The Morgan fingerprint density at radius 1 is 1.05 bits per heavy atom. The van der Waals surface area contributed by atoms with E-state index >= 15 is 0 Å². The standard InChI is InChI=1S/C12H7BrF4N2/c13-7-5-6-10(12(15,16)17)19-11(7)18-9-4-2-1-3-8(9)14/h1-6H,(H,18,19). The first-order valence-corrected chi connectivity index (χ1v) is 5.92. The van der Waals surface area contributed by atoms with Crippen molar-refractivity contribution in [2.75, 3.05) is 5.32 Å². The lowest BCUT2D eigenvalue weighted by Crippen LogP contribution is -2.09. The first-order chi connectivity index (χ1) is 8.88. The molecule has 19 heavy (non-hydrogen) atoms. The molecule has 1 aromatic heterocycles. The molecule has 0 unspecified atom stereocenters. The van der Waals surface area contributed by atoms with Gasteiger partial charge in [0.05, 0.1) is 10.2 Å². The van der Waals surface area contributed by atoms with Crippen molar-refractivity contribution < 1.29 is 17.6 Å². The fourth-order valence-corrected chi connectivity index (χ4v) is 1.70. The van der Waals surface area contributed by atoms with Crippen molar-refractivity contribution in [1.29, 1.82) is 0 Å². The van der Waals surface area contributed by atoms with Crippen LogP contribution in [0.3, 0.4) is 0 Å². The quantitative estimate of drug-likeness (QED) is 0.802. The summed E-state index contributed by atoms with van der Waals surface area (Å²) < 4.78 is 51.3. The van der Waals surface area contributed by atoms with E-state index in [1.165, 1.54) is 24.3 Å². The second kappa shape index (κ2) is 5.16. The third-order valence-corrected chi connectivity index (χ3v) is 2.90. The lowest BCUT2D eigenvalue weighted by molar-refractivity contribution is -0.141. The summed E-state index contributed by atoms with van der Waals surface area (Å²) in [6, 6.07) is 7.70. The van der Waals surface area contributed by atoms with Gasteiger partial charge in [-0.15, -0.1) is 0 Å². The van der Waals surface area contributed by atoms with Crippen LogP contribution in [0, 0.1) is 5.82 Å². The maximum absolute atomic E-state index is 13.4. The molecule has 0 aliphatic rings. The number of nitrogens with zero attached hydrogens (tertiary/aromatic N) is 1. The number of pyridine rings is 1. The van der Waals surface area contributed by atoms with Crippen LogP contribution in [0.5, 0.6) is 0 Å². The monoisotopic (exact) mass is 334 g/mol. The summed E-state index contributed by atoms with van der Waals surface area (Å²) in [7, 11) is 0. The minimum Gasteiger partial charge on any atom is -0.337 e. The van der Waals surface area contributed by atoms with E-state index in [9.17, 15) is 17.6 Å². The summed E-state index contributed by atoms with van der Waals surface area (Å²) in [5.41, 5.74) is -0.996. The summed E-state index contributed by atoms with van der Waals surface area (Å²) >= 11 is 3.06. The van der Waals surface area contributed by atoms with Gasteiger partial charge in [0.2, 0.25) is 0 Å². The number of hydrogen-bond donors (Lipinski definition) is 1. The van der Waals surface area contributed by atoms with Gasteiger partial charge >= 0.3 is 6.18 Å². The third kappa shape index (κ3) is 3.23. The summed E-state index contributed by atoms with van der Waals surface area (Å²) in [4.78, 5) is 3.43. The third-order valence-electron chi connectivity index (χ3n) is 2.26. The molecule has 0 amide bonds. The summed E-state index contributed by atoms with van der Waals surface area (Å²) in [6.07, 6.45) is -4.55. The Morgan fingerprint density at radius 2 is 1.74 bits per heavy atom. The SMILES string of the molecule is Fc1ccccc1Nc1nc(C(F)(F)F)ccc1Br. The first-order valence-electron chi connectivity index (χ1n) is 5.13. The number of anilines is 2. The van der Waals surface area contributed by atoms with E-state index in [1.54, 1.807) is 6.07 Å². The predicted octanol–water partition coefficient (Wildman–Crippen LogP) is 4.75. The van der Waals surface area contributed by atoms with Gasteiger partial charge in [-0.25, -0.2) is 9.37 Å². The summed E-state index contributed by atoms with van der Waals surface area (Å²) in [5.74, 6) is -0.673. The van der Waals surface area contributed by atoms with E-state index in [4.69, 9.17) is 0 Å². The Bertz CT molecular complexity index is 599. The van der Waals surface area contributed by atoms with Crippen LogP contribution in [0.15, 0.2) is 40.9 Å². The van der Waals surface area contributed by atoms with Crippen LogP contribution >= 0.6 is 15.9 Å². The van der Waals surface area contributed by atoms with Crippen molar-refractivity contribution in [3.63, 3.8) is 0 Å². The Hall–Kier alpha value is -1.63. The number of rotatable bonds is 2. The molecule has 1 aromatic carbocycles. The van der Waals surface area contributed by atoms with Gasteiger partial charge in [-0.05, 0) is 40.2 Å². The van der Waals surface area contributed by atoms with Gasteiger partial charge in [0, 0.05) is 0 Å². The van der Waals surface area contributed by atoms with E-state index in [1.807, 2.05) is 0 Å². The average molecular weight is 335 g/mol. The summed E-state index contributed by atoms with van der Waals surface area (Å²) in [5, 5.41) is 2.52. The number of hydrogen-bond acceptors (Lipinski definition) is 2. The highest BCUT2D eigenvalue weighted by atomic mass is 79.9. The van der Waals surface area contributed by atoms with Crippen LogP contribution in [-0.2, 0) is 6.18 Å². The van der Waals surface area contributed by atoms with Crippen molar-refractivity contribution in [2.45, 2.75) is 6.18 Å². The highest BCUT2D eigenvalue weighted by Gasteiger charge is 2.33. The van der Waals surface area contributed by atoms with Crippen LogP contribution < -0.4 is 5.32 Å². The van der Waals surface area contributed by atoms with Crippen LogP contribution in [0.25, 0.3) is 0 Å². The fourth-order valence-electron chi connectivity index (χ4n) is 1.38. The second-order valence-corrected chi connectivity index (χ2v) is 4.48. The van der Waals surface area contributed by atoms with Crippen molar-refractivity contribution >= 4 is 27.4 Å². The van der Waals surface area contributed by atoms with E-state index < -0.39 is 17.7 Å². The van der Waals surface area contributed by atoms with E-state index in [-0.39, 0.29) is 11.5 Å². The van der Waals surface area contributed by atoms with Crippen molar-refractivity contribution in [1.82, 2.24) is 4.98 Å². The van der Waals surface area contributed by atoms with E-state index in [0.29, 0.717) is 4.47 Å². The fraction of sp³-hybridized carbons (Fsp3) is 0.0833. The average Bonchev–Trinajstić information content (AvgIpc) is 2.33. The highest BCUT2D eigenvalue weighted by Crippen LogP contribution is 2.32. The largest absolute Gasteiger partial charge is 0.433 e. The van der Waals surface area contributed by atoms with Gasteiger partial charge in [-0.3, -0.25) is 0 Å². The molecule has 0 radical (unpaired) electrons. The lowest BCUT2D eigenvalue weighted by Gasteiger charge is -2.11. The molecule has 0 fully saturated rings. The van der Waals surface area contributed by atoms with Crippen molar-refractivity contribution in [3.05, 3.63) is 52.4 Å². The van der Waals surface area contributed by atoms with Gasteiger partial charge in [0.15, 0.2) is 0 Å². The molecule has 0 aliphatic carbocycles. The number of para-hydroxylation sites is 1. The van der Waals surface area contributed by atoms with Crippen LogP contribution in [-0.4, -0.2) is 4.98 Å². The highest BCUT2D eigenvalue weighted by molar-refractivity contribution is 9.10. The molecular weight excluding hydrogens is 328 g/mol. The maximum atomic E-state index is 13.4. The molecule has 0 saturated heterocycles. The van der Waals surface area contributed by atoms with Gasteiger partial charge in [0.1, 0.15) is 17.3 Å². The number of benzene rings is 1. The Kier molecular flexibility index (Phi) is 3.75. The molecule has 0 bridgehead atoms. The normalized spacial score (nSPS) is 11.4. The maximum Gasteiger partial charge on any atom is 0.433 e. The van der Waals surface area contributed by atoms with Gasteiger partial charge in [-0.2, -0.15) is 13.2 Å². The minimum atomic E-state index is -4.55. The van der Waals surface area contributed by atoms with Gasteiger partial charge in [-0.1, -0.05) is 12.1 Å². The smallest absolute Gasteiger partial charge is 0.337 e. The number of aromatic nitrogens is 1. The zero-order valence-electron chi connectivity index (χ0n) is 9.30. The molecule has 0 atom stereocenters. The minimum absolute atomic E-state index is 0.0509. The molecule has 1 heterocycles. The van der Waals surface area contributed by atoms with Crippen molar-refractivity contribution in [2.24, 2.45) is 0 Å². The Labute approximate surface area is 114 Å². The summed E-state index contributed by atoms with van der Waals surface area (Å²) in [6.45, 7) is 0. The zero-order chi connectivity index (χ0) is 14.0. The zero-order valence-corrected chi connectivity index (χ0v) is 10.9. The van der Waals surface area contributed by atoms with Crippen LogP contribution in [0.1, 0.15) is 5.69 Å². The van der Waals surface area contributed by atoms with Crippen LogP contribution in [0.4, 0.5) is 29.1 Å². The first kappa shape index (κ1) is 13.8. The molecule has 0 aliphatic heterocycles. The molecule has 2 aromatic rings. The Morgan fingerprint density at radius 3 is 2.37 bits per heavy atom. The molecule has 1 N–H and O–H groups in total. The predicted molar refractivity (Wildman–Crippen MR) is 66.6 cm³/mol. The number of halogens is 5. The van der Waals surface area contributed by atoms with Crippen molar-refractivity contribution in [3.8, 4) is 0 Å². The van der Waals surface area contributed by atoms with E-state index in [2.05, 4.69) is 26.2 Å². The number of nitrogens with one attached hydrogen (secondary N) is 1. The molecule has 2 rings (SSSR count). The van der Waals surface area contributed by atoms with E-state index in [0.717, 1.165) is 6.07 Å². The lowest BCUT2D eigenvalue weighted by atomic mass is 10.3. The molecule has 2 nitrogen and oxygen atoms in total. The van der Waals surface area contributed by atoms with Gasteiger partial charge < -0.3 is 5.32 Å². The Balaban J connectivity index is 2.38. The van der Waals surface area contributed by atoms with Crippen LogP contribution in [0.2, 0.25) is 0 Å². The molecule has 7 heteroatoms. The van der Waals surface area contributed by atoms with Gasteiger partial charge in [0.25, 0.3) is 0 Å². The molecule has 100 valence electrons. The number of alkyl halides is 3. The molecule has 0 spiro atoms. The second-order valence-electron chi connectivity index (χ2n) is 3.63. The molecule has 0 saturated carbocycles. The topological polar surface area (TPSA) is 24.9 Å². The molecular formula is C12H7BrF4N2.